The number of fused-ring (bicyclic) bond motifs is 6. The van der Waals surface area contributed by atoms with E-state index in [9.17, 15) is 9.65 Å². The third-order valence-electron chi connectivity index (χ3n) is 4.49. The summed E-state index contributed by atoms with van der Waals surface area (Å²) in [6.45, 7) is 0. The van der Waals surface area contributed by atoms with E-state index < -0.39 is 5.82 Å². The van der Waals surface area contributed by atoms with Crippen molar-refractivity contribution in [2.75, 3.05) is 0 Å². The van der Waals surface area contributed by atoms with Crippen LogP contribution in [0.3, 0.4) is 0 Å². The Kier molecular flexibility index (Phi) is 3.26. The van der Waals surface area contributed by atoms with Gasteiger partial charge in [-0.2, -0.15) is 5.26 Å². The fourth-order valence-electron chi connectivity index (χ4n) is 3.33. The molecule has 0 saturated heterocycles. The van der Waals surface area contributed by atoms with Crippen LogP contribution in [0, 0.1) is 17.1 Å². The Morgan fingerprint density at radius 3 is 2.81 bits per heavy atom. The molecule has 6 heteroatoms. The average molecular weight is 378 g/mol. The molecule has 0 spiro atoms. The molecule has 2 aromatic heterocycles. The number of rotatable bonds is 1. The number of hydrogen-bond donors (Lipinski definition) is 1. The van der Waals surface area contributed by atoms with Crippen molar-refractivity contribution in [3.63, 3.8) is 0 Å². The summed E-state index contributed by atoms with van der Waals surface area (Å²) in [7, 11) is 0. The number of aromatic amines is 1. The number of halogens is 2. The zero-order chi connectivity index (χ0) is 17.8. The van der Waals surface area contributed by atoms with Gasteiger partial charge in [0, 0.05) is 10.8 Å². The van der Waals surface area contributed by atoms with Crippen LogP contribution in [0.2, 0.25) is 5.02 Å². The number of benzene rings is 3. The van der Waals surface area contributed by atoms with Crippen molar-refractivity contribution in [3.05, 3.63) is 64.2 Å². The number of aromatic nitrogens is 2. The molecule has 0 unspecified atom stereocenters. The number of nitriles is 1. The first-order valence-corrected chi connectivity index (χ1v) is 9.10. The van der Waals surface area contributed by atoms with Crippen molar-refractivity contribution in [1.29, 1.82) is 5.26 Å². The van der Waals surface area contributed by atoms with Gasteiger partial charge in [0.1, 0.15) is 11.6 Å². The lowest BCUT2D eigenvalue weighted by atomic mass is 10.0. The van der Waals surface area contributed by atoms with Gasteiger partial charge in [0.2, 0.25) is 0 Å². The second kappa shape index (κ2) is 5.53. The molecule has 2 heterocycles. The maximum absolute atomic E-state index is 14.4. The van der Waals surface area contributed by atoms with Gasteiger partial charge in [-0.15, -0.1) is 11.3 Å². The van der Waals surface area contributed by atoms with Crippen LogP contribution < -0.4 is 0 Å². The van der Waals surface area contributed by atoms with Crippen molar-refractivity contribution in [1.82, 2.24) is 9.97 Å². The van der Waals surface area contributed by atoms with Crippen molar-refractivity contribution < 1.29 is 4.39 Å². The number of thiophene rings is 1. The molecule has 5 aromatic rings. The molecule has 1 N–H and O–H groups in total. The number of imidazole rings is 1. The average Bonchev–Trinajstić information content (AvgIpc) is 3.28. The molecule has 3 aromatic carbocycles. The topological polar surface area (TPSA) is 52.5 Å². The Balaban J connectivity index is 1.95. The highest BCUT2D eigenvalue weighted by Gasteiger charge is 2.18. The molecule has 0 aliphatic carbocycles. The molecule has 0 saturated carbocycles. The van der Waals surface area contributed by atoms with Gasteiger partial charge >= 0.3 is 0 Å². The molecule has 124 valence electrons. The summed E-state index contributed by atoms with van der Waals surface area (Å²) in [5.74, 6) is -0.0234. The number of hydrogen-bond acceptors (Lipinski definition) is 3. The van der Waals surface area contributed by atoms with E-state index >= 15 is 0 Å². The summed E-state index contributed by atoms with van der Waals surface area (Å²) >= 11 is 7.79. The molecular formula is C20H9ClFN3S. The molecule has 0 bridgehead atoms. The van der Waals surface area contributed by atoms with Crippen molar-refractivity contribution >= 4 is 54.8 Å². The SMILES string of the molecule is N#Cc1ccc2c(c1)c1ccsc1c1[nH]c(-c3c(F)cccc3Cl)nc21. The Morgan fingerprint density at radius 1 is 1.12 bits per heavy atom. The molecular weight excluding hydrogens is 369 g/mol. The Morgan fingerprint density at radius 2 is 2.00 bits per heavy atom. The predicted octanol–water partition coefficient (Wildman–Crippen LogP) is 6.26. The van der Waals surface area contributed by atoms with Crippen LogP contribution in [-0.4, -0.2) is 9.97 Å². The van der Waals surface area contributed by atoms with Gasteiger partial charge in [0.15, 0.2) is 0 Å². The van der Waals surface area contributed by atoms with Crippen molar-refractivity contribution in [3.8, 4) is 17.5 Å². The number of nitrogens with one attached hydrogen (secondary N) is 1. The fraction of sp³-hybridized carbons (Fsp3) is 0. The van der Waals surface area contributed by atoms with Gasteiger partial charge in [-0.05, 0) is 41.1 Å². The third-order valence-corrected chi connectivity index (χ3v) is 5.74. The minimum atomic E-state index is -0.421. The van der Waals surface area contributed by atoms with Crippen LogP contribution in [0.4, 0.5) is 4.39 Å². The van der Waals surface area contributed by atoms with Crippen LogP contribution in [0.25, 0.3) is 43.3 Å². The van der Waals surface area contributed by atoms with Gasteiger partial charge in [0.25, 0.3) is 0 Å². The summed E-state index contributed by atoms with van der Waals surface area (Å²) in [6.07, 6.45) is 0. The van der Waals surface area contributed by atoms with Crippen LogP contribution in [0.1, 0.15) is 5.56 Å². The number of H-pyrrole nitrogens is 1. The van der Waals surface area contributed by atoms with Crippen LogP contribution in [0.15, 0.2) is 47.8 Å². The second-order valence-electron chi connectivity index (χ2n) is 5.94. The second-order valence-corrected chi connectivity index (χ2v) is 7.26. The highest BCUT2D eigenvalue weighted by Crippen LogP contribution is 2.39. The molecule has 26 heavy (non-hydrogen) atoms. The highest BCUT2D eigenvalue weighted by molar-refractivity contribution is 7.18. The minimum Gasteiger partial charge on any atom is -0.337 e. The largest absolute Gasteiger partial charge is 0.337 e. The standard InChI is InChI=1S/C20H9ClFN3S/c21-14-2-1-3-15(22)16(14)20-24-17-11-5-4-10(9-23)8-13(11)12-6-7-26-19(12)18(17)25-20/h1-8H,(H,24,25). The molecule has 0 radical (unpaired) electrons. The van der Waals surface area contributed by atoms with E-state index in [2.05, 4.69) is 16.0 Å². The lowest BCUT2D eigenvalue weighted by Crippen LogP contribution is -1.87. The van der Waals surface area contributed by atoms with Crippen LogP contribution in [0.5, 0.6) is 0 Å². The van der Waals surface area contributed by atoms with E-state index in [1.807, 2.05) is 23.6 Å². The van der Waals surface area contributed by atoms with E-state index in [-0.39, 0.29) is 5.56 Å². The van der Waals surface area contributed by atoms with Gasteiger partial charge in [-0.25, -0.2) is 9.37 Å². The summed E-state index contributed by atoms with van der Waals surface area (Å²) in [6, 6.07) is 14.3. The normalized spacial score (nSPS) is 11.4. The van der Waals surface area contributed by atoms with Gasteiger partial charge in [-0.1, -0.05) is 23.7 Å². The first-order valence-electron chi connectivity index (χ1n) is 7.84. The van der Waals surface area contributed by atoms with Gasteiger partial charge in [0.05, 0.1) is 38.0 Å². The van der Waals surface area contributed by atoms with E-state index in [1.54, 1.807) is 29.5 Å². The lowest BCUT2D eigenvalue weighted by molar-refractivity contribution is 0.630. The number of nitrogens with zero attached hydrogens (tertiary/aromatic N) is 2. The van der Waals surface area contributed by atoms with Crippen molar-refractivity contribution in [2.24, 2.45) is 0 Å². The summed E-state index contributed by atoms with van der Waals surface area (Å²) in [5, 5.41) is 14.5. The summed E-state index contributed by atoms with van der Waals surface area (Å²) in [4.78, 5) is 7.91. The minimum absolute atomic E-state index is 0.261. The van der Waals surface area contributed by atoms with Crippen LogP contribution >= 0.6 is 22.9 Å². The highest BCUT2D eigenvalue weighted by atomic mass is 35.5. The maximum atomic E-state index is 14.4. The predicted molar refractivity (Wildman–Crippen MR) is 104 cm³/mol. The molecule has 5 rings (SSSR count). The molecule has 0 atom stereocenters. The summed E-state index contributed by atoms with van der Waals surface area (Å²) in [5.41, 5.74) is 2.45. The Hall–Kier alpha value is -2.94. The smallest absolute Gasteiger partial charge is 0.143 e. The monoisotopic (exact) mass is 377 g/mol. The Bertz CT molecular complexity index is 1360. The molecule has 0 aliphatic heterocycles. The molecule has 3 nitrogen and oxygen atoms in total. The lowest BCUT2D eigenvalue weighted by Gasteiger charge is -2.02. The third kappa shape index (κ3) is 2.07. The first kappa shape index (κ1) is 15.3. The van der Waals surface area contributed by atoms with E-state index in [1.165, 1.54) is 6.07 Å². The maximum Gasteiger partial charge on any atom is 0.143 e. The fourth-order valence-corrected chi connectivity index (χ4v) is 4.50. The molecule has 0 fully saturated rings. The molecule has 0 aliphatic rings. The Labute approximate surface area is 156 Å². The van der Waals surface area contributed by atoms with Crippen LogP contribution in [-0.2, 0) is 0 Å². The van der Waals surface area contributed by atoms with Gasteiger partial charge < -0.3 is 4.98 Å². The first-order chi connectivity index (χ1) is 12.7. The van der Waals surface area contributed by atoms with E-state index in [0.717, 1.165) is 31.9 Å². The summed E-state index contributed by atoms with van der Waals surface area (Å²) < 4.78 is 15.4. The van der Waals surface area contributed by atoms with Gasteiger partial charge in [-0.3, -0.25) is 0 Å². The quantitative estimate of drug-likeness (QED) is 0.374. The van der Waals surface area contributed by atoms with Crippen molar-refractivity contribution in [2.45, 2.75) is 0 Å². The van der Waals surface area contributed by atoms with E-state index in [4.69, 9.17) is 11.6 Å². The van der Waals surface area contributed by atoms with E-state index in [0.29, 0.717) is 16.4 Å². The zero-order valence-corrected chi connectivity index (χ0v) is 14.7. The zero-order valence-electron chi connectivity index (χ0n) is 13.2. The molecule has 0 amide bonds.